The number of rotatable bonds is 2. The highest BCUT2D eigenvalue weighted by Gasteiger charge is 2.37. The second kappa shape index (κ2) is 4.73. The quantitative estimate of drug-likeness (QED) is 0.903. The van der Waals surface area contributed by atoms with Gasteiger partial charge in [-0.1, -0.05) is 31.2 Å². The second-order valence-corrected chi connectivity index (χ2v) is 6.56. The van der Waals surface area contributed by atoms with E-state index < -0.39 is 5.60 Å². The largest absolute Gasteiger partial charge is 0.385 e. The molecule has 19 heavy (non-hydrogen) atoms. The molecule has 0 saturated heterocycles. The van der Waals surface area contributed by atoms with Crippen LogP contribution in [0.2, 0.25) is 0 Å². The molecule has 0 spiro atoms. The summed E-state index contributed by atoms with van der Waals surface area (Å²) in [5, 5.41) is 14.2. The molecule has 0 radical (unpaired) electrons. The van der Waals surface area contributed by atoms with Gasteiger partial charge in [-0.25, -0.2) is 4.98 Å². The van der Waals surface area contributed by atoms with Gasteiger partial charge in [0, 0.05) is 17.5 Å². The van der Waals surface area contributed by atoms with Crippen LogP contribution in [0, 0.1) is 6.92 Å². The van der Waals surface area contributed by atoms with E-state index in [1.807, 2.05) is 13.0 Å². The van der Waals surface area contributed by atoms with Gasteiger partial charge in [0.05, 0.1) is 10.6 Å². The number of nitrogens with zero attached hydrogens (tertiary/aromatic N) is 1. The smallest absolute Gasteiger partial charge is 0.0962 e. The third-order valence-electron chi connectivity index (χ3n) is 4.09. The van der Waals surface area contributed by atoms with Crippen LogP contribution in [0.5, 0.6) is 0 Å². The standard InChI is InChI=1S/C16H19NOS/c1-11-7-8-16(18,9-15-17-12(2)10-19-15)14-6-4-3-5-13(11)14/h3-6,10-11,18H,7-9H2,1-2H3. The minimum atomic E-state index is -0.743. The maximum atomic E-state index is 11.1. The fourth-order valence-corrected chi connectivity index (χ4v) is 3.89. The van der Waals surface area contributed by atoms with Crippen LogP contribution in [-0.4, -0.2) is 10.1 Å². The summed E-state index contributed by atoms with van der Waals surface area (Å²) < 4.78 is 0. The molecule has 3 rings (SSSR count). The molecule has 0 saturated carbocycles. The van der Waals surface area contributed by atoms with Crippen molar-refractivity contribution in [3.63, 3.8) is 0 Å². The molecule has 1 N–H and O–H groups in total. The highest BCUT2D eigenvalue weighted by Crippen LogP contribution is 2.43. The van der Waals surface area contributed by atoms with E-state index in [4.69, 9.17) is 0 Å². The molecule has 1 aromatic heterocycles. The molecule has 2 nitrogen and oxygen atoms in total. The van der Waals surface area contributed by atoms with Crippen molar-refractivity contribution in [1.29, 1.82) is 0 Å². The molecule has 0 bridgehead atoms. The molecule has 2 unspecified atom stereocenters. The number of fused-ring (bicyclic) bond motifs is 1. The summed E-state index contributed by atoms with van der Waals surface area (Å²) >= 11 is 1.65. The summed E-state index contributed by atoms with van der Waals surface area (Å²) in [5.74, 6) is 0.537. The van der Waals surface area contributed by atoms with Crippen LogP contribution in [0.1, 0.15) is 47.5 Å². The van der Waals surface area contributed by atoms with Gasteiger partial charge in [-0.15, -0.1) is 11.3 Å². The van der Waals surface area contributed by atoms with Crippen LogP contribution in [0.15, 0.2) is 29.6 Å². The molecular weight excluding hydrogens is 254 g/mol. The first-order chi connectivity index (χ1) is 9.08. The molecule has 3 heteroatoms. The maximum Gasteiger partial charge on any atom is 0.0962 e. The lowest BCUT2D eigenvalue weighted by Crippen LogP contribution is -2.33. The van der Waals surface area contributed by atoms with Crippen LogP contribution in [0.3, 0.4) is 0 Å². The predicted molar refractivity (Wildman–Crippen MR) is 78.5 cm³/mol. The maximum absolute atomic E-state index is 11.1. The first kappa shape index (κ1) is 12.8. The third-order valence-corrected chi connectivity index (χ3v) is 5.06. The first-order valence-corrected chi connectivity index (χ1v) is 7.69. The van der Waals surface area contributed by atoms with Crippen molar-refractivity contribution >= 4 is 11.3 Å². The SMILES string of the molecule is Cc1csc(CC2(O)CCC(C)c3ccccc32)n1. The molecule has 1 aromatic carbocycles. The molecule has 1 heterocycles. The van der Waals surface area contributed by atoms with Crippen LogP contribution in [-0.2, 0) is 12.0 Å². The van der Waals surface area contributed by atoms with Crippen molar-refractivity contribution in [1.82, 2.24) is 4.98 Å². The zero-order chi connectivity index (χ0) is 13.5. The van der Waals surface area contributed by atoms with Crippen molar-refractivity contribution in [3.8, 4) is 0 Å². The number of aliphatic hydroxyl groups is 1. The van der Waals surface area contributed by atoms with Crippen molar-refractivity contribution in [2.75, 3.05) is 0 Å². The van der Waals surface area contributed by atoms with Gasteiger partial charge in [-0.3, -0.25) is 0 Å². The Morgan fingerprint density at radius 3 is 2.95 bits per heavy atom. The van der Waals surface area contributed by atoms with Crippen molar-refractivity contribution in [2.45, 2.75) is 44.6 Å². The summed E-state index contributed by atoms with van der Waals surface area (Å²) in [7, 11) is 0. The van der Waals surface area contributed by atoms with Gasteiger partial charge in [0.1, 0.15) is 0 Å². The molecule has 0 amide bonds. The summed E-state index contributed by atoms with van der Waals surface area (Å²) in [6, 6.07) is 8.31. The first-order valence-electron chi connectivity index (χ1n) is 6.81. The van der Waals surface area contributed by atoms with Crippen LogP contribution < -0.4 is 0 Å². The number of benzene rings is 1. The number of hydrogen-bond donors (Lipinski definition) is 1. The lowest BCUT2D eigenvalue weighted by molar-refractivity contribution is 0.0158. The van der Waals surface area contributed by atoms with E-state index in [9.17, 15) is 5.11 Å². The van der Waals surface area contributed by atoms with Gasteiger partial charge in [0.25, 0.3) is 0 Å². The minimum absolute atomic E-state index is 0.537. The normalized spacial score (nSPS) is 26.2. The lowest BCUT2D eigenvalue weighted by atomic mass is 9.73. The molecule has 100 valence electrons. The number of aromatic nitrogens is 1. The molecule has 2 atom stereocenters. The van der Waals surface area contributed by atoms with E-state index in [1.54, 1.807) is 11.3 Å². The number of aryl methyl sites for hydroxylation is 1. The number of thiazole rings is 1. The lowest BCUT2D eigenvalue weighted by Gasteiger charge is -2.37. The topological polar surface area (TPSA) is 33.1 Å². The monoisotopic (exact) mass is 273 g/mol. The fourth-order valence-electron chi connectivity index (χ4n) is 3.01. The van der Waals surface area contributed by atoms with Gasteiger partial charge in [0.15, 0.2) is 0 Å². The molecule has 0 fully saturated rings. The Balaban J connectivity index is 1.98. The summed E-state index contributed by atoms with van der Waals surface area (Å²) in [6.07, 6.45) is 2.50. The van der Waals surface area contributed by atoms with Gasteiger partial charge >= 0.3 is 0 Å². The highest BCUT2D eigenvalue weighted by atomic mass is 32.1. The zero-order valence-electron chi connectivity index (χ0n) is 11.4. The van der Waals surface area contributed by atoms with Gasteiger partial charge < -0.3 is 5.11 Å². The minimum Gasteiger partial charge on any atom is -0.385 e. The van der Waals surface area contributed by atoms with Crippen molar-refractivity contribution in [3.05, 3.63) is 51.5 Å². The summed E-state index contributed by atoms with van der Waals surface area (Å²) in [6.45, 7) is 4.24. The third kappa shape index (κ3) is 2.33. The Hall–Kier alpha value is -1.19. The summed E-state index contributed by atoms with van der Waals surface area (Å²) in [5.41, 5.74) is 2.69. The van der Waals surface area contributed by atoms with Crippen LogP contribution in [0.4, 0.5) is 0 Å². The van der Waals surface area contributed by atoms with Crippen molar-refractivity contribution < 1.29 is 5.11 Å². The van der Waals surface area contributed by atoms with E-state index in [2.05, 4.69) is 35.5 Å². The van der Waals surface area contributed by atoms with E-state index in [1.165, 1.54) is 5.56 Å². The average molecular weight is 273 g/mol. The van der Waals surface area contributed by atoms with E-state index in [-0.39, 0.29) is 0 Å². The molecule has 2 aromatic rings. The Morgan fingerprint density at radius 1 is 1.42 bits per heavy atom. The number of hydrogen-bond acceptors (Lipinski definition) is 3. The highest BCUT2D eigenvalue weighted by molar-refractivity contribution is 7.09. The molecule has 1 aliphatic rings. The van der Waals surface area contributed by atoms with Gasteiger partial charge in [-0.2, -0.15) is 0 Å². The Morgan fingerprint density at radius 2 is 2.21 bits per heavy atom. The second-order valence-electron chi connectivity index (χ2n) is 5.62. The predicted octanol–water partition coefficient (Wildman–Crippen LogP) is 3.78. The molecule has 1 aliphatic carbocycles. The zero-order valence-corrected chi connectivity index (χ0v) is 12.2. The van der Waals surface area contributed by atoms with Crippen LogP contribution >= 0.6 is 11.3 Å². The van der Waals surface area contributed by atoms with E-state index in [0.717, 1.165) is 29.1 Å². The average Bonchev–Trinajstić information content (AvgIpc) is 2.80. The van der Waals surface area contributed by atoms with Gasteiger partial charge in [-0.05, 0) is 36.8 Å². The Kier molecular flexibility index (Phi) is 3.19. The fraction of sp³-hybridized carbons (Fsp3) is 0.438. The van der Waals surface area contributed by atoms with E-state index >= 15 is 0 Å². The van der Waals surface area contributed by atoms with Crippen LogP contribution in [0.25, 0.3) is 0 Å². The molecule has 0 aliphatic heterocycles. The Bertz CT molecular complexity index is 592. The van der Waals surface area contributed by atoms with Crippen molar-refractivity contribution in [2.24, 2.45) is 0 Å². The summed E-state index contributed by atoms with van der Waals surface area (Å²) in [4.78, 5) is 4.50. The van der Waals surface area contributed by atoms with E-state index in [0.29, 0.717) is 12.3 Å². The van der Waals surface area contributed by atoms with Gasteiger partial charge in [0.2, 0.25) is 0 Å². The Labute approximate surface area is 118 Å². The molecular formula is C16H19NOS.